The second-order valence-corrected chi connectivity index (χ2v) is 3.56. The molecule has 0 spiro atoms. The predicted molar refractivity (Wildman–Crippen MR) is 58.2 cm³/mol. The van der Waals surface area contributed by atoms with E-state index in [4.69, 9.17) is 9.84 Å². The molecule has 0 aromatic heterocycles. The highest BCUT2D eigenvalue weighted by Gasteiger charge is 2.21. The van der Waals surface area contributed by atoms with E-state index in [1.165, 1.54) is 13.2 Å². The van der Waals surface area contributed by atoms with E-state index in [0.29, 0.717) is 17.7 Å². The van der Waals surface area contributed by atoms with E-state index in [0.717, 1.165) is 0 Å². The molecule has 1 N–H and O–H groups in total. The molecule has 0 saturated heterocycles. The summed E-state index contributed by atoms with van der Waals surface area (Å²) in [5.41, 5.74) is 0.356. The number of methoxy groups -OCH3 is 1. The molecule has 1 atom stereocenters. The molecule has 16 heavy (non-hydrogen) atoms. The van der Waals surface area contributed by atoms with Crippen LogP contribution in [-0.4, -0.2) is 18.2 Å². The molecule has 88 valence electrons. The van der Waals surface area contributed by atoms with Gasteiger partial charge in [-0.2, -0.15) is 0 Å². The molecule has 3 nitrogen and oxygen atoms in total. The number of carboxylic acids is 1. The van der Waals surface area contributed by atoms with Crippen LogP contribution in [0.25, 0.3) is 0 Å². The van der Waals surface area contributed by atoms with Crippen molar-refractivity contribution in [3.63, 3.8) is 0 Å². The first-order valence-corrected chi connectivity index (χ1v) is 5.14. The maximum Gasteiger partial charge on any atom is 0.303 e. The molecule has 1 unspecified atom stereocenters. The number of aliphatic carboxylic acids is 1. The summed E-state index contributed by atoms with van der Waals surface area (Å²) in [6.45, 7) is 1.83. The standard InChI is InChI=1S/C12H15FO3/c1-3-8(7-11(14)15)12-9(13)5-4-6-10(12)16-2/h4-6,8H,3,7H2,1-2H3,(H,14,15). The van der Waals surface area contributed by atoms with Gasteiger partial charge >= 0.3 is 5.97 Å². The van der Waals surface area contributed by atoms with Crippen LogP contribution in [0.2, 0.25) is 0 Å². The van der Waals surface area contributed by atoms with Gasteiger partial charge in [0.1, 0.15) is 11.6 Å². The molecule has 0 saturated carbocycles. The van der Waals surface area contributed by atoms with Crippen LogP contribution in [0, 0.1) is 5.82 Å². The first-order valence-electron chi connectivity index (χ1n) is 5.14. The molecule has 0 bridgehead atoms. The quantitative estimate of drug-likeness (QED) is 0.839. The van der Waals surface area contributed by atoms with E-state index in [1.54, 1.807) is 12.1 Å². The molecule has 0 fully saturated rings. The minimum Gasteiger partial charge on any atom is -0.496 e. The lowest BCUT2D eigenvalue weighted by molar-refractivity contribution is -0.137. The smallest absolute Gasteiger partial charge is 0.303 e. The van der Waals surface area contributed by atoms with Crippen molar-refractivity contribution in [3.05, 3.63) is 29.6 Å². The van der Waals surface area contributed by atoms with Crippen LogP contribution in [0.4, 0.5) is 4.39 Å². The first-order chi connectivity index (χ1) is 7.60. The third-order valence-corrected chi connectivity index (χ3v) is 2.55. The third kappa shape index (κ3) is 2.72. The van der Waals surface area contributed by atoms with Crippen LogP contribution in [0.15, 0.2) is 18.2 Å². The number of halogens is 1. The van der Waals surface area contributed by atoms with E-state index in [9.17, 15) is 9.18 Å². The van der Waals surface area contributed by atoms with Gasteiger partial charge in [0, 0.05) is 11.5 Å². The van der Waals surface area contributed by atoms with Gasteiger partial charge in [-0.1, -0.05) is 13.0 Å². The summed E-state index contributed by atoms with van der Waals surface area (Å²) in [6.07, 6.45) is 0.470. The number of ether oxygens (including phenoxy) is 1. The van der Waals surface area contributed by atoms with Gasteiger partial charge in [0.2, 0.25) is 0 Å². The van der Waals surface area contributed by atoms with Gasteiger partial charge in [0.25, 0.3) is 0 Å². The fourth-order valence-electron chi connectivity index (χ4n) is 1.75. The first kappa shape index (κ1) is 12.5. The monoisotopic (exact) mass is 226 g/mol. The Morgan fingerprint density at radius 2 is 2.25 bits per heavy atom. The molecular formula is C12H15FO3. The summed E-state index contributed by atoms with van der Waals surface area (Å²) >= 11 is 0. The van der Waals surface area contributed by atoms with Crippen molar-refractivity contribution in [1.29, 1.82) is 0 Å². The number of benzene rings is 1. The topological polar surface area (TPSA) is 46.5 Å². The van der Waals surface area contributed by atoms with E-state index in [-0.39, 0.29) is 12.3 Å². The molecule has 1 aromatic carbocycles. The van der Waals surface area contributed by atoms with E-state index in [2.05, 4.69) is 0 Å². The van der Waals surface area contributed by atoms with Gasteiger partial charge in [-0.3, -0.25) is 4.79 Å². The average molecular weight is 226 g/mol. The SMILES string of the molecule is CCC(CC(=O)O)c1c(F)cccc1OC. The Morgan fingerprint density at radius 3 is 2.75 bits per heavy atom. The third-order valence-electron chi connectivity index (χ3n) is 2.55. The van der Waals surface area contributed by atoms with Crippen molar-refractivity contribution in [2.45, 2.75) is 25.7 Å². The zero-order valence-corrected chi connectivity index (χ0v) is 9.37. The number of rotatable bonds is 5. The minimum absolute atomic E-state index is 0.0895. The van der Waals surface area contributed by atoms with Crippen molar-refractivity contribution < 1.29 is 19.0 Å². The van der Waals surface area contributed by atoms with Gasteiger partial charge in [-0.15, -0.1) is 0 Å². The fraction of sp³-hybridized carbons (Fsp3) is 0.417. The Hall–Kier alpha value is -1.58. The van der Waals surface area contributed by atoms with Crippen LogP contribution in [0.5, 0.6) is 5.75 Å². The second-order valence-electron chi connectivity index (χ2n) is 3.56. The summed E-state index contributed by atoms with van der Waals surface area (Å²) in [5.74, 6) is -1.29. The van der Waals surface area contributed by atoms with Crippen molar-refractivity contribution >= 4 is 5.97 Å². The van der Waals surface area contributed by atoms with Crippen LogP contribution in [-0.2, 0) is 4.79 Å². The molecule has 4 heteroatoms. The summed E-state index contributed by atoms with van der Waals surface area (Å²) < 4.78 is 18.7. The van der Waals surface area contributed by atoms with Crippen LogP contribution < -0.4 is 4.74 Å². The van der Waals surface area contributed by atoms with Gasteiger partial charge in [0.15, 0.2) is 0 Å². The maximum absolute atomic E-state index is 13.7. The number of carboxylic acid groups (broad SMARTS) is 1. The Kier molecular flexibility index (Phi) is 4.28. The second kappa shape index (κ2) is 5.49. The van der Waals surface area contributed by atoms with Crippen molar-refractivity contribution in [2.75, 3.05) is 7.11 Å². The molecule has 0 aliphatic rings. The number of hydrogen-bond donors (Lipinski definition) is 1. The van der Waals surface area contributed by atoms with Crippen molar-refractivity contribution in [3.8, 4) is 5.75 Å². The number of carbonyl (C=O) groups is 1. The Labute approximate surface area is 93.9 Å². The lowest BCUT2D eigenvalue weighted by atomic mass is 9.92. The maximum atomic E-state index is 13.7. The number of hydrogen-bond acceptors (Lipinski definition) is 2. The van der Waals surface area contributed by atoms with Crippen LogP contribution >= 0.6 is 0 Å². The van der Waals surface area contributed by atoms with E-state index >= 15 is 0 Å². The predicted octanol–water partition coefficient (Wildman–Crippen LogP) is 2.80. The summed E-state index contributed by atoms with van der Waals surface area (Å²) in [7, 11) is 1.45. The summed E-state index contributed by atoms with van der Waals surface area (Å²) in [5, 5.41) is 8.77. The zero-order chi connectivity index (χ0) is 12.1. The molecule has 0 radical (unpaired) electrons. The van der Waals surface area contributed by atoms with Gasteiger partial charge in [0.05, 0.1) is 13.5 Å². The van der Waals surface area contributed by atoms with Crippen molar-refractivity contribution in [1.82, 2.24) is 0 Å². The Bertz CT molecular complexity index is 377. The molecule has 1 aromatic rings. The molecule has 1 rings (SSSR count). The minimum atomic E-state index is -0.933. The van der Waals surface area contributed by atoms with E-state index < -0.39 is 11.8 Å². The molecule has 0 heterocycles. The highest BCUT2D eigenvalue weighted by atomic mass is 19.1. The summed E-state index contributed by atoms with van der Waals surface area (Å²) in [4.78, 5) is 10.7. The van der Waals surface area contributed by atoms with Crippen LogP contribution in [0.1, 0.15) is 31.2 Å². The van der Waals surface area contributed by atoms with Crippen LogP contribution in [0.3, 0.4) is 0 Å². The molecule has 0 aliphatic heterocycles. The average Bonchev–Trinajstić information content (AvgIpc) is 2.25. The van der Waals surface area contributed by atoms with Gasteiger partial charge < -0.3 is 9.84 Å². The van der Waals surface area contributed by atoms with Crippen molar-refractivity contribution in [2.24, 2.45) is 0 Å². The lowest BCUT2D eigenvalue weighted by Crippen LogP contribution is -2.09. The van der Waals surface area contributed by atoms with Gasteiger partial charge in [-0.05, 0) is 18.6 Å². The molecular weight excluding hydrogens is 211 g/mol. The molecule has 0 aliphatic carbocycles. The Morgan fingerprint density at radius 1 is 1.56 bits per heavy atom. The molecule has 0 amide bonds. The largest absolute Gasteiger partial charge is 0.496 e. The lowest BCUT2D eigenvalue weighted by Gasteiger charge is -2.17. The fourth-order valence-corrected chi connectivity index (χ4v) is 1.75. The van der Waals surface area contributed by atoms with Gasteiger partial charge in [-0.25, -0.2) is 4.39 Å². The van der Waals surface area contributed by atoms with E-state index in [1.807, 2.05) is 6.92 Å². The Balaban J connectivity index is 3.12. The summed E-state index contributed by atoms with van der Waals surface area (Å²) in [6, 6.07) is 4.51. The zero-order valence-electron chi connectivity index (χ0n) is 9.37. The normalized spacial score (nSPS) is 12.2. The highest BCUT2D eigenvalue weighted by Crippen LogP contribution is 2.33. The highest BCUT2D eigenvalue weighted by molar-refractivity contribution is 5.68.